The summed E-state index contributed by atoms with van der Waals surface area (Å²) in [5, 5.41) is 9.04. The van der Waals surface area contributed by atoms with Gasteiger partial charge in [0.15, 0.2) is 5.16 Å². The summed E-state index contributed by atoms with van der Waals surface area (Å²) in [6.07, 6.45) is 3.32. The lowest BCUT2D eigenvalue weighted by Crippen LogP contribution is -2.25. The molecule has 27 heavy (non-hydrogen) atoms. The van der Waals surface area contributed by atoms with Crippen molar-refractivity contribution in [2.45, 2.75) is 38.5 Å². The first kappa shape index (κ1) is 19.4. The van der Waals surface area contributed by atoms with Gasteiger partial charge in [-0.15, -0.1) is 10.2 Å². The van der Waals surface area contributed by atoms with E-state index in [0.717, 1.165) is 5.56 Å². The van der Waals surface area contributed by atoms with Gasteiger partial charge in [-0.25, -0.2) is 0 Å². The highest BCUT2D eigenvalue weighted by Crippen LogP contribution is 2.22. The first-order valence-electron chi connectivity index (χ1n) is 8.24. The molecular weight excluding hydrogens is 388 g/mol. The minimum Gasteiger partial charge on any atom is -0.459 e. The molecule has 0 N–H and O–H groups in total. The topological polar surface area (TPSA) is 78.5 Å². The smallest absolute Gasteiger partial charge is 0.316 e. The summed E-state index contributed by atoms with van der Waals surface area (Å²) in [7, 11) is 0. The molecule has 0 radical (unpaired) electrons. The van der Waals surface area contributed by atoms with Gasteiger partial charge in [-0.05, 0) is 45.4 Å². The van der Waals surface area contributed by atoms with E-state index in [4.69, 9.17) is 16.3 Å². The molecule has 9 heteroatoms. The van der Waals surface area contributed by atoms with Gasteiger partial charge in [-0.1, -0.05) is 29.4 Å². The third-order valence-corrected chi connectivity index (χ3v) is 5.00. The van der Waals surface area contributed by atoms with E-state index in [2.05, 4.69) is 10.2 Å². The van der Waals surface area contributed by atoms with Gasteiger partial charge in [0.2, 0.25) is 5.65 Å². The summed E-state index contributed by atoms with van der Waals surface area (Å²) in [5.41, 5.74) is 0.779. The van der Waals surface area contributed by atoms with Crippen molar-refractivity contribution in [3.05, 3.63) is 51.5 Å². The highest BCUT2D eigenvalue weighted by Gasteiger charge is 2.18. The highest BCUT2D eigenvalue weighted by atomic mass is 35.5. The fourth-order valence-corrected chi connectivity index (χ4v) is 3.37. The van der Waals surface area contributed by atoms with Crippen molar-refractivity contribution in [1.82, 2.24) is 19.2 Å². The fourth-order valence-electron chi connectivity index (χ4n) is 2.51. The molecule has 0 atom stereocenters. The van der Waals surface area contributed by atoms with Gasteiger partial charge in [0.25, 0.3) is 0 Å². The molecular formula is C18H19ClN4O3S. The first-order valence-corrected chi connectivity index (χ1v) is 9.60. The summed E-state index contributed by atoms with van der Waals surface area (Å²) in [6, 6.07) is 5.37. The zero-order valence-electron chi connectivity index (χ0n) is 15.4. The number of halogens is 1. The molecule has 142 valence electrons. The normalized spacial score (nSPS) is 11.7. The number of aromatic nitrogens is 4. The Hall–Kier alpha value is -2.32. The second kappa shape index (κ2) is 7.36. The van der Waals surface area contributed by atoms with E-state index in [1.54, 1.807) is 28.9 Å². The molecule has 0 amide bonds. The molecule has 7 nitrogen and oxygen atoms in total. The van der Waals surface area contributed by atoms with Crippen molar-refractivity contribution >= 4 is 35.0 Å². The number of esters is 1. The Morgan fingerprint density at radius 3 is 2.70 bits per heavy atom. The molecule has 0 bridgehead atoms. The molecule has 0 aliphatic rings. The first-order chi connectivity index (χ1) is 12.7. The van der Waals surface area contributed by atoms with Crippen LogP contribution in [0.5, 0.6) is 0 Å². The zero-order valence-corrected chi connectivity index (χ0v) is 17.0. The SMILES string of the molecule is Cc1c(Cl)cccc1-n1ccn2c(SCC(=O)OC(C)(C)C)nnc2c1=O. The third kappa shape index (κ3) is 4.17. The quantitative estimate of drug-likeness (QED) is 0.488. The van der Waals surface area contributed by atoms with Crippen LogP contribution >= 0.6 is 23.4 Å². The summed E-state index contributed by atoms with van der Waals surface area (Å²) >= 11 is 7.33. The average Bonchev–Trinajstić information content (AvgIpc) is 2.99. The summed E-state index contributed by atoms with van der Waals surface area (Å²) < 4.78 is 8.32. The number of carbonyl (C=O) groups excluding carboxylic acids is 1. The van der Waals surface area contributed by atoms with Crippen LogP contribution in [0.15, 0.2) is 40.5 Å². The monoisotopic (exact) mass is 406 g/mol. The molecule has 0 fully saturated rings. The van der Waals surface area contributed by atoms with Gasteiger partial charge < -0.3 is 4.74 Å². The largest absolute Gasteiger partial charge is 0.459 e. The third-order valence-electron chi connectivity index (χ3n) is 3.68. The Bertz CT molecular complexity index is 1070. The van der Waals surface area contributed by atoms with Crippen molar-refractivity contribution in [3.63, 3.8) is 0 Å². The van der Waals surface area contributed by atoms with Gasteiger partial charge >= 0.3 is 11.5 Å². The van der Waals surface area contributed by atoms with E-state index in [1.165, 1.54) is 16.3 Å². The van der Waals surface area contributed by atoms with Crippen molar-refractivity contribution in [2.75, 3.05) is 5.75 Å². The van der Waals surface area contributed by atoms with Gasteiger partial charge in [-0.2, -0.15) is 0 Å². The average molecular weight is 407 g/mol. The predicted molar refractivity (Wildman–Crippen MR) is 105 cm³/mol. The number of fused-ring (bicyclic) bond motifs is 1. The maximum atomic E-state index is 12.8. The van der Waals surface area contributed by atoms with Crippen molar-refractivity contribution < 1.29 is 9.53 Å². The van der Waals surface area contributed by atoms with Crippen molar-refractivity contribution in [2.24, 2.45) is 0 Å². The lowest BCUT2D eigenvalue weighted by molar-refractivity contribution is -0.151. The molecule has 3 rings (SSSR count). The molecule has 0 aliphatic heterocycles. The summed E-state index contributed by atoms with van der Waals surface area (Å²) in [4.78, 5) is 24.7. The molecule has 2 heterocycles. The van der Waals surface area contributed by atoms with Crippen LogP contribution in [0, 0.1) is 6.92 Å². The van der Waals surface area contributed by atoms with Gasteiger partial charge in [-0.3, -0.25) is 18.6 Å². The number of benzene rings is 1. The van der Waals surface area contributed by atoms with Gasteiger partial charge in [0, 0.05) is 17.4 Å². The lowest BCUT2D eigenvalue weighted by Gasteiger charge is -2.19. The number of nitrogens with zero attached hydrogens (tertiary/aromatic N) is 4. The van der Waals surface area contributed by atoms with Crippen LogP contribution in [0.25, 0.3) is 11.3 Å². The van der Waals surface area contributed by atoms with Crippen LogP contribution in [-0.2, 0) is 9.53 Å². The summed E-state index contributed by atoms with van der Waals surface area (Å²) in [5.74, 6) is -0.277. The Morgan fingerprint density at radius 1 is 1.26 bits per heavy atom. The standard InChI is InChI=1S/C18H19ClN4O3S/c1-11-12(19)6-5-7-13(11)22-8-9-23-15(16(22)25)20-21-17(23)27-10-14(24)26-18(2,3)4/h5-9H,10H2,1-4H3. The van der Waals surface area contributed by atoms with Gasteiger partial charge in [0.05, 0.1) is 11.4 Å². The Kier molecular flexibility index (Phi) is 5.30. The lowest BCUT2D eigenvalue weighted by atomic mass is 10.2. The molecule has 0 unspecified atom stereocenters. The number of hydrogen-bond donors (Lipinski definition) is 0. The molecule has 0 saturated heterocycles. The molecule has 0 saturated carbocycles. The van der Waals surface area contributed by atoms with E-state index in [1.807, 2.05) is 33.8 Å². The maximum Gasteiger partial charge on any atom is 0.316 e. The fraction of sp³-hybridized carbons (Fsp3) is 0.333. The van der Waals surface area contributed by atoms with E-state index in [9.17, 15) is 9.59 Å². The van der Waals surface area contributed by atoms with Crippen LogP contribution in [-0.4, -0.2) is 36.5 Å². The second-order valence-corrected chi connectivity index (χ2v) is 8.26. The van der Waals surface area contributed by atoms with E-state index in [-0.39, 0.29) is 22.9 Å². The predicted octanol–water partition coefficient (Wildman–Crippen LogP) is 3.28. The number of thioether (sulfide) groups is 1. The highest BCUT2D eigenvalue weighted by molar-refractivity contribution is 7.99. The maximum absolute atomic E-state index is 12.8. The molecule has 3 aromatic rings. The van der Waals surface area contributed by atoms with Crippen LogP contribution < -0.4 is 5.56 Å². The number of hydrogen-bond acceptors (Lipinski definition) is 6. The van der Waals surface area contributed by atoms with Crippen LogP contribution in [0.1, 0.15) is 26.3 Å². The number of ether oxygens (including phenoxy) is 1. The van der Waals surface area contributed by atoms with Crippen LogP contribution in [0.4, 0.5) is 0 Å². The minimum absolute atomic E-state index is 0.0779. The molecule has 1 aromatic carbocycles. The van der Waals surface area contributed by atoms with Crippen LogP contribution in [0.3, 0.4) is 0 Å². The van der Waals surface area contributed by atoms with Crippen LogP contribution in [0.2, 0.25) is 5.02 Å². The molecule has 0 aliphatic carbocycles. The Balaban J connectivity index is 1.90. The molecule has 2 aromatic heterocycles. The second-order valence-electron chi connectivity index (χ2n) is 6.91. The van der Waals surface area contributed by atoms with Crippen molar-refractivity contribution in [1.29, 1.82) is 0 Å². The van der Waals surface area contributed by atoms with Gasteiger partial charge in [0.1, 0.15) is 5.60 Å². The number of carbonyl (C=O) groups is 1. The van der Waals surface area contributed by atoms with E-state index in [0.29, 0.717) is 15.9 Å². The summed E-state index contributed by atoms with van der Waals surface area (Å²) in [6.45, 7) is 7.27. The van der Waals surface area contributed by atoms with E-state index >= 15 is 0 Å². The zero-order chi connectivity index (χ0) is 19.8. The van der Waals surface area contributed by atoms with Crippen molar-refractivity contribution in [3.8, 4) is 5.69 Å². The Labute approximate surface area is 165 Å². The number of rotatable bonds is 4. The minimum atomic E-state index is -0.549. The van der Waals surface area contributed by atoms with E-state index < -0.39 is 5.60 Å². The Morgan fingerprint density at radius 2 is 2.00 bits per heavy atom. The molecule has 0 spiro atoms.